The molecule has 8 heteroatoms. The third kappa shape index (κ3) is 9.09. The lowest BCUT2D eigenvalue weighted by Gasteiger charge is -2.43. The average Bonchev–Trinajstić information content (AvgIpc) is 2.96. The molecule has 3 aromatic carbocycles. The summed E-state index contributed by atoms with van der Waals surface area (Å²) in [6.45, 7) is 9.95. The number of carboxylic acids is 1. The smallest absolute Gasteiger partial charge is 0.337 e. The van der Waals surface area contributed by atoms with E-state index in [1.807, 2.05) is 18.2 Å². The first-order valence-electron chi connectivity index (χ1n) is 13.7. The summed E-state index contributed by atoms with van der Waals surface area (Å²) in [5.74, 6) is -1.02. The quantitative estimate of drug-likeness (QED) is 0.180. The first-order chi connectivity index (χ1) is 19.4. The Hall–Kier alpha value is -2.85. The normalized spacial score (nSPS) is 12.8. The number of hydrogen-bond acceptors (Lipinski definition) is 6. The van der Waals surface area contributed by atoms with Gasteiger partial charge in [0.2, 0.25) is 0 Å². The molecule has 0 saturated heterocycles. The summed E-state index contributed by atoms with van der Waals surface area (Å²) in [5, 5.41) is 11.8. The minimum Gasteiger partial charge on any atom is -0.479 e. The zero-order valence-corrected chi connectivity index (χ0v) is 24.8. The Labute approximate surface area is 239 Å². The first kappa shape index (κ1) is 31.7. The second-order valence-electron chi connectivity index (χ2n) is 10.3. The van der Waals surface area contributed by atoms with Crippen LogP contribution < -0.4 is 10.4 Å². The van der Waals surface area contributed by atoms with Gasteiger partial charge in [0.05, 0.1) is 52.9 Å². The van der Waals surface area contributed by atoms with Crippen LogP contribution in [0.15, 0.2) is 91.0 Å². The fraction of sp³-hybridized carbons (Fsp3) is 0.406. The van der Waals surface area contributed by atoms with Gasteiger partial charge in [-0.2, -0.15) is 0 Å². The summed E-state index contributed by atoms with van der Waals surface area (Å²) >= 11 is 0. The van der Waals surface area contributed by atoms with Crippen molar-refractivity contribution >= 4 is 24.7 Å². The van der Waals surface area contributed by atoms with Gasteiger partial charge in [-0.05, 0) is 21.0 Å². The van der Waals surface area contributed by atoms with Gasteiger partial charge < -0.3 is 28.5 Å². The maximum Gasteiger partial charge on any atom is 0.337 e. The molecule has 216 valence electrons. The second-order valence-corrected chi connectivity index (χ2v) is 14.7. The van der Waals surface area contributed by atoms with Crippen molar-refractivity contribution in [2.24, 2.45) is 0 Å². The van der Waals surface area contributed by atoms with E-state index in [2.05, 4.69) is 69.3 Å². The molecule has 0 spiro atoms. The van der Waals surface area contributed by atoms with Crippen LogP contribution in [0, 0.1) is 0 Å². The van der Waals surface area contributed by atoms with Crippen LogP contribution in [0.2, 0.25) is 5.04 Å². The standard InChI is InChI=1S/C32H42O7Si/c1-32(2,3)40(28-15-9-5-10-16-28,29-17-11-6-12-18-29)39-26-24-37-22-20-35-19-21-36-23-25-38-30(31(33)34)27-13-7-4-8-14-27/h4-18,30H,19-26H2,1-3H3,(H,33,34). The number of benzene rings is 3. The number of carbonyl (C=O) groups is 1. The molecule has 0 aliphatic rings. The van der Waals surface area contributed by atoms with Crippen LogP contribution in [0.1, 0.15) is 32.4 Å². The molecule has 0 saturated carbocycles. The van der Waals surface area contributed by atoms with Crippen LogP contribution in [0.25, 0.3) is 0 Å². The van der Waals surface area contributed by atoms with E-state index in [0.717, 1.165) is 0 Å². The third-order valence-electron chi connectivity index (χ3n) is 6.55. The van der Waals surface area contributed by atoms with Crippen molar-refractivity contribution in [1.82, 2.24) is 0 Å². The van der Waals surface area contributed by atoms with Crippen LogP contribution in [0.4, 0.5) is 0 Å². The summed E-state index contributed by atoms with van der Waals surface area (Å²) in [6.07, 6.45) is -1.00. The van der Waals surface area contributed by atoms with E-state index < -0.39 is 20.4 Å². The van der Waals surface area contributed by atoms with Gasteiger partial charge in [-0.1, -0.05) is 112 Å². The molecule has 1 N–H and O–H groups in total. The Kier molecular flexibility index (Phi) is 13.0. The molecule has 0 fully saturated rings. The van der Waals surface area contributed by atoms with Gasteiger partial charge in [-0.25, -0.2) is 4.79 Å². The number of rotatable bonds is 18. The van der Waals surface area contributed by atoms with Crippen LogP contribution in [-0.4, -0.2) is 72.2 Å². The maximum absolute atomic E-state index is 11.5. The predicted molar refractivity (Wildman–Crippen MR) is 159 cm³/mol. The van der Waals surface area contributed by atoms with Gasteiger partial charge in [0, 0.05) is 0 Å². The molecule has 1 unspecified atom stereocenters. The molecule has 0 aromatic heterocycles. The van der Waals surface area contributed by atoms with Gasteiger partial charge >= 0.3 is 5.97 Å². The van der Waals surface area contributed by atoms with Crippen LogP contribution in [0.3, 0.4) is 0 Å². The fourth-order valence-electron chi connectivity index (χ4n) is 4.72. The average molecular weight is 567 g/mol. The van der Waals surface area contributed by atoms with Crippen molar-refractivity contribution in [3.05, 3.63) is 96.6 Å². The van der Waals surface area contributed by atoms with E-state index in [0.29, 0.717) is 45.2 Å². The largest absolute Gasteiger partial charge is 0.479 e. The Morgan fingerprint density at radius 3 is 1.48 bits per heavy atom. The SMILES string of the molecule is CC(C)(C)[Si](OCCOCCOCCOCCOC(C(=O)O)c1ccccc1)(c1ccccc1)c1ccccc1. The highest BCUT2D eigenvalue weighted by Crippen LogP contribution is 2.36. The van der Waals surface area contributed by atoms with Gasteiger partial charge in [-0.3, -0.25) is 0 Å². The van der Waals surface area contributed by atoms with Gasteiger partial charge in [0.1, 0.15) is 0 Å². The highest BCUT2D eigenvalue weighted by molar-refractivity contribution is 6.99. The molecule has 0 heterocycles. The predicted octanol–water partition coefficient (Wildman–Crippen LogP) is 4.46. The maximum atomic E-state index is 11.5. The molecule has 40 heavy (non-hydrogen) atoms. The molecule has 3 aromatic rings. The lowest BCUT2D eigenvalue weighted by Crippen LogP contribution is -2.66. The van der Waals surface area contributed by atoms with Crippen molar-refractivity contribution < 1.29 is 33.3 Å². The number of ether oxygens (including phenoxy) is 4. The molecular weight excluding hydrogens is 524 g/mol. The zero-order valence-electron chi connectivity index (χ0n) is 23.8. The van der Waals surface area contributed by atoms with E-state index in [1.165, 1.54) is 10.4 Å². The van der Waals surface area contributed by atoms with Crippen LogP contribution in [-0.2, 0) is 28.2 Å². The molecule has 0 radical (unpaired) electrons. The fourth-order valence-corrected chi connectivity index (χ4v) is 9.26. The number of hydrogen-bond donors (Lipinski definition) is 1. The molecule has 0 aliphatic carbocycles. The molecule has 0 bridgehead atoms. The van der Waals surface area contributed by atoms with Gasteiger partial charge in [0.15, 0.2) is 6.10 Å². The molecule has 1 atom stereocenters. The summed E-state index contributed by atoms with van der Waals surface area (Å²) in [5.41, 5.74) is 0.607. The summed E-state index contributed by atoms with van der Waals surface area (Å²) in [4.78, 5) is 11.5. The Morgan fingerprint density at radius 1 is 0.650 bits per heavy atom. The lowest BCUT2D eigenvalue weighted by atomic mass is 10.1. The molecule has 0 aliphatic heterocycles. The monoisotopic (exact) mass is 566 g/mol. The Bertz CT molecular complexity index is 1060. The molecule has 7 nitrogen and oxygen atoms in total. The lowest BCUT2D eigenvalue weighted by molar-refractivity contribution is -0.152. The highest BCUT2D eigenvalue weighted by Gasteiger charge is 2.49. The van der Waals surface area contributed by atoms with Crippen molar-refractivity contribution in [1.29, 1.82) is 0 Å². The minimum atomic E-state index is -2.55. The molecular formula is C32H42O7Si. The van der Waals surface area contributed by atoms with E-state index in [1.54, 1.807) is 24.3 Å². The van der Waals surface area contributed by atoms with Crippen molar-refractivity contribution in [3.8, 4) is 0 Å². The van der Waals surface area contributed by atoms with E-state index in [-0.39, 0.29) is 18.3 Å². The summed E-state index contributed by atoms with van der Waals surface area (Å²) in [6, 6.07) is 30.0. The highest BCUT2D eigenvalue weighted by atomic mass is 28.4. The third-order valence-corrected chi connectivity index (χ3v) is 11.6. The summed E-state index contributed by atoms with van der Waals surface area (Å²) < 4.78 is 29.2. The van der Waals surface area contributed by atoms with E-state index in [4.69, 9.17) is 23.4 Å². The Morgan fingerprint density at radius 2 is 1.05 bits per heavy atom. The first-order valence-corrected chi connectivity index (χ1v) is 15.6. The summed E-state index contributed by atoms with van der Waals surface area (Å²) in [7, 11) is -2.55. The van der Waals surface area contributed by atoms with Crippen LogP contribution >= 0.6 is 0 Å². The van der Waals surface area contributed by atoms with Crippen molar-refractivity contribution in [2.75, 3.05) is 52.9 Å². The van der Waals surface area contributed by atoms with Crippen LogP contribution in [0.5, 0.6) is 0 Å². The topological polar surface area (TPSA) is 83.5 Å². The molecule has 0 amide bonds. The number of carboxylic acid groups (broad SMARTS) is 1. The van der Waals surface area contributed by atoms with E-state index in [9.17, 15) is 9.90 Å². The number of aliphatic carboxylic acids is 1. The van der Waals surface area contributed by atoms with E-state index >= 15 is 0 Å². The Balaban J connectivity index is 1.33. The van der Waals surface area contributed by atoms with Gasteiger partial charge in [-0.15, -0.1) is 0 Å². The molecule has 3 rings (SSSR count). The zero-order chi connectivity index (χ0) is 28.7. The minimum absolute atomic E-state index is 0.0695. The van der Waals surface area contributed by atoms with Crippen molar-refractivity contribution in [2.45, 2.75) is 31.9 Å². The second kappa shape index (κ2) is 16.4. The van der Waals surface area contributed by atoms with Crippen molar-refractivity contribution in [3.63, 3.8) is 0 Å². The van der Waals surface area contributed by atoms with Gasteiger partial charge in [0.25, 0.3) is 8.32 Å².